The number of rotatable bonds is 8. The van der Waals surface area contributed by atoms with Crippen LogP contribution in [0.4, 0.5) is 0 Å². The molecule has 0 saturated heterocycles. The summed E-state index contributed by atoms with van der Waals surface area (Å²) in [5.74, 6) is 1.18. The van der Waals surface area contributed by atoms with Crippen molar-refractivity contribution in [1.82, 2.24) is 0 Å². The van der Waals surface area contributed by atoms with Gasteiger partial charge < -0.3 is 49.0 Å². The molecule has 0 radical (unpaired) electrons. The van der Waals surface area contributed by atoms with Gasteiger partial charge in [0.15, 0.2) is 0 Å². The SMILES string of the molecule is OCC(CO)(CO)CO.OP(O)O.OP(Oc1ccccc1)Oc1ccccc1. The van der Waals surface area contributed by atoms with Gasteiger partial charge >= 0.3 is 17.2 Å². The maximum atomic E-state index is 9.58. The Hall–Kier alpha value is -1.42. The van der Waals surface area contributed by atoms with Gasteiger partial charge in [-0.3, -0.25) is 0 Å². The van der Waals surface area contributed by atoms with Gasteiger partial charge in [0.2, 0.25) is 0 Å². The first kappa shape index (κ1) is 27.6. The Balaban J connectivity index is 0.000000512. The number of para-hydroxylation sites is 2. The summed E-state index contributed by atoms with van der Waals surface area (Å²) >= 11 is 0. The molecule has 12 heteroatoms. The molecule has 0 unspecified atom stereocenters. The molecule has 0 fully saturated rings. The molecule has 0 spiro atoms. The third-order valence-electron chi connectivity index (χ3n) is 3.20. The summed E-state index contributed by atoms with van der Waals surface area (Å²) in [4.78, 5) is 31.3. The smallest absolute Gasteiger partial charge is 0.418 e. The number of hydrogen-bond donors (Lipinski definition) is 8. The van der Waals surface area contributed by atoms with Gasteiger partial charge in [-0.05, 0) is 24.3 Å². The van der Waals surface area contributed by atoms with Gasteiger partial charge in [0.05, 0.1) is 31.8 Å². The van der Waals surface area contributed by atoms with Crippen LogP contribution in [-0.4, -0.2) is 66.4 Å². The Kier molecular flexibility index (Phi) is 15.6. The molecule has 0 aliphatic heterocycles. The van der Waals surface area contributed by atoms with Gasteiger partial charge in [0, 0.05) is 0 Å². The van der Waals surface area contributed by atoms with Crippen LogP contribution in [0.5, 0.6) is 11.5 Å². The monoisotopic (exact) mass is 452 g/mol. The van der Waals surface area contributed by atoms with E-state index in [1.165, 1.54) is 0 Å². The van der Waals surface area contributed by atoms with Crippen molar-refractivity contribution in [2.45, 2.75) is 0 Å². The van der Waals surface area contributed by atoms with Crippen molar-refractivity contribution >= 4 is 17.2 Å². The third-order valence-corrected chi connectivity index (χ3v) is 3.93. The number of hydrogen-bond acceptors (Lipinski definition) is 10. The van der Waals surface area contributed by atoms with Crippen LogP contribution in [0, 0.1) is 5.41 Å². The van der Waals surface area contributed by atoms with Crippen LogP contribution >= 0.6 is 17.2 Å². The molecule has 0 aliphatic carbocycles. The highest BCUT2D eigenvalue weighted by Crippen LogP contribution is 2.35. The molecule has 164 valence electrons. The zero-order valence-corrected chi connectivity index (χ0v) is 17.2. The van der Waals surface area contributed by atoms with Gasteiger partial charge in [-0.15, -0.1) is 0 Å². The molecule has 0 heterocycles. The lowest BCUT2D eigenvalue weighted by Crippen LogP contribution is -2.37. The molecule has 0 aromatic heterocycles. The van der Waals surface area contributed by atoms with Gasteiger partial charge in [-0.25, -0.2) is 0 Å². The molecule has 2 rings (SSSR count). The molecule has 10 nitrogen and oxygen atoms in total. The molecule has 0 bridgehead atoms. The van der Waals surface area contributed by atoms with E-state index in [0.717, 1.165) is 0 Å². The Morgan fingerprint density at radius 1 is 0.586 bits per heavy atom. The molecule has 2 aromatic carbocycles. The molecule has 0 atom stereocenters. The molecule has 0 amide bonds. The fraction of sp³-hybridized carbons (Fsp3) is 0.294. The van der Waals surface area contributed by atoms with Crippen LogP contribution in [-0.2, 0) is 0 Å². The van der Waals surface area contributed by atoms with Crippen molar-refractivity contribution in [2.24, 2.45) is 5.41 Å². The molecule has 29 heavy (non-hydrogen) atoms. The fourth-order valence-electron chi connectivity index (χ4n) is 1.46. The second-order valence-electron chi connectivity index (χ2n) is 5.45. The van der Waals surface area contributed by atoms with Crippen LogP contribution < -0.4 is 9.05 Å². The first-order valence-electron chi connectivity index (χ1n) is 8.07. The van der Waals surface area contributed by atoms with Crippen LogP contribution in [0.1, 0.15) is 0 Å². The standard InChI is InChI=1S/C12H11O3P.C5H12O4.H3O3P/c13-16(14-11-7-3-1-4-8-11)15-12-9-5-2-6-10-12;6-1-5(2-7,3-8)4-9;1-4(2)3/h1-10,13H;6-9H,1-4H2;1-3H. The van der Waals surface area contributed by atoms with Gasteiger partial charge in [-0.1, -0.05) is 36.4 Å². The van der Waals surface area contributed by atoms with Crippen molar-refractivity contribution < 1.29 is 49.0 Å². The summed E-state index contributed by atoms with van der Waals surface area (Å²) in [6.45, 7) is -1.62. The zero-order chi connectivity index (χ0) is 22.1. The van der Waals surface area contributed by atoms with Gasteiger partial charge in [-0.2, -0.15) is 0 Å². The topological polar surface area (TPSA) is 180 Å². The Bertz CT molecular complexity index is 552. The van der Waals surface area contributed by atoms with Crippen LogP contribution in [0.25, 0.3) is 0 Å². The minimum atomic E-state index is -2.62. The second kappa shape index (κ2) is 16.4. The van der Waals surface area contributed by atoms with E-state index in [1.54, 1.807) is 24.3 Å². The quantitative estimate of drug-likeness (QED) is 0.263. The summed E-state index contributed by atoms with van der Waals surface area (Å²) in [5.41, 5.74) is -1.11. The molecular weight excluding hydrogens is 426 g/mol. The Morgan fingerprint density at radius 2 is 0.862 bits per heavy atom. The summed E-state index contributed by atoms with van der Waals surface area (Å²) in [6.07, 6.45) is 0. The fourth-order valence-corrected chi connectivity index (χ4v) is 2.10. The molecule has 8 N–H and O–H groups in total. The highest BCUT2D eigenvalue weighted by atomic mass is 31.2. The van der Waals surface area contributed by atoms with E-state index >= 15 is 0 Å². The minimum Gasteiger partial charge on any atom is -0.418 e. The highest BCUT2D eigenvalue weighted by molar-refractivity contribution is 7.41. The molecule has 2 aromatic rings. The maximum absolute atomic E-state index is 9.58. The minimum absolute atomic E-state index is 0.406. The molecule has 0 saturated carbocycles. The van der Waals surface area contributed by atoms with E-state index in [9.17, 15) is 4.89 Å². The van der Waals surface area contributed by atoms with Crippen molar-refractivity contribution in [3.05, 3.63) is 60.7 Å². The van der Waals surface area contributed by atoms with E-state index in [0.29, 0.717) is 11.5 Å². The summed E-state index contributed by atoms with van der Waals surface area (Å²) in [6, 6.07) is 18.2. The lowest BCUT2D eigenvalue weighted by atomic mass is 9.93. The van der Waals surface area contributed by atoms with Gasteiger partial charge in [0.1, 0.15) is 11.5 Å². The van der Waals surface area contributed by atoms with E-state index in [1.807, 2.05) is 36.4 Å². The zero-order valence-electron chi connectivity index (χ0n) is 15.4. The molecule has 0 aliphatic rings. The first-order valence-corrected chi connectivity index (χ1v) is 10.4. The van der Waals surface area contributed by atoms with E-state index in [2.05, 4.69) is 0 Å². The second-order valence-corrected chi connectivity index (χ2v) is 6.82. The van der Waals surface area contributed by atoms with Gasteiger partial charge in [0.25, 0.3) is 0 Å². The largest absolute Gasteiger partial charge is 0.460 e. The predicted molar refractivity (Wildman–Crippen MR) is 108 cm³/mol. The average molecular weight is 452 g/mol. The Morgan fingerprint density at radius 3 is 1.07 bits per heavy atom. The van der Waals surface area contributed by atoms with Crippen LogP contribution in [0.3, 0.4) is 0 Å². The lowest BCUT2D eigenvalue weighted by Gasteiger charge is -2.23. The van der Waals surface area contributed by atoms with Crippen LogP contribution in [0.2, 0.25) is 0 Å². The highest BCUT2D eigenvalue weighted by Gasteiger charge is 2.26. The van der Waals surface area contributed by atoms with Crippen molar-refractivity contribution in [3.63, 3.8) is 0 Å². The first-order chi connectivity index (χ1) is 13.8. The summed E-state index contributed by atoms with van der Waals surface area (Å²) < 4.78 is 10.4. The van der Waals surface area contributed by atoms with Crippen molar-refractivity contribution in [3.8, 4) is 11.5 Å². The van der Waals surface area contributed by atoms with E-state index in [-0.39, 0.29) is 0 Å². The number of aliphatic hydroxyl groups is 4. The summed E-state index contributed by atoms with van der Waals surface area (Å²) in [7, 11) is -4.55. The number of benzene rings is 2. The van der Waals surface area contributed by atoms with E-state index < -0.39 is 49.0 Å². The third kappa shape index (κ3) is 13.4. The van der Waals surface area contributed by atoms with E-state index in [4.69, 9.17) is 44.2 Å². The maximum Gasteiger partial charge on any atom is 0.460 e. The molecular formula is C17H26O10P2. The Labute approximate surface area is 170 Å². The van der Waals surface area contributed by atoms with Crippen molar-refractivity contribution in [2.75, 3.05) is 26.4 Å². The van der Waals surface area contributed by atoms with Crippen molar-refractivity contribution in [1.29, 1.82) is 0 Å². The predicted octanol–water partition coefficient (Wildman–Crippen LogP) is 0.496. The normalized spacial score (nSPS) is 10.6. The average Bonchev–Trinajstić information content (AvgIpc) is 2.72. The lowest BCUT2D eigenvalue weighted by molar-refractivity contribution is -0.0328. The number of aliphatic hydroxyl groups excluding tert-OH is 4. The summed E-state index contributed by atoms with van der Waals surface area (Å²) in [5, 5.41) is 34.0. The van der Waals surface area contributed by atoms with Crippen LogP contribution in [0.15, 0.2) is 60.7 Å².